The van der Waals surface area contributed by atoms with Crippen molar-refractivity contribution >= 4 is 0 Å². The summed E-state index contributed by atoms with van der Waals surface area (Å²) in [6.07, 6.45) is 4.56. The zero-order valence-electron chi connectivity index (χ0n) is 15.2. The van der Waals surface area contributed by atoms with Crippen molar-refractivity contribution in [1.82, 2.24) is 25.5 Å². The number of hydrogen-bond donors (Lipinski definition) is 1. The molecule has 1 aromatic heterocycles. The highest BCUT2D eigenvalue weighted by Gasteiger charge is 2.19. The van der Waals surface area contributed by atoms with Gasteiger partial charge in [0.1, 0.15) is 0 Å². The van der Waals surface area contributed by atoms with E-state index in [1.54, 1.807) is 0 Å². The number of hydrogen-bond acceptors (Lipinski definition) is 4. The molecule has 3 aromatic rings. The molecule has 1 saturated heterocycles. The van der Waals surface area contributed by atoms with E-state index in [1.165, 1.54) is 48.2 Å². The molecular weight excluding hydrogens is 322 g/mol. The monoisotopic (exact) mass is 347 g/mol. The third-order valence-corrected chi connectivity index (χ3v) is 5.38. The van der Waals surface area contributed by atoms with Crippen molar-refractivity contribution < 1.29 is 0 Å². The van der Waals surface area contributed by atoms with Gasteiger partial charge in [0.15, 0.2) is 5.82 Å². The summed E-state index contributed by atoms with van der Waals surface area (Å²) in [4.78, 5) is 2.61. The fourth-order valence-electron chi connectivity index (χ4n) is 3.72. The average Bonchev–Trinajstić information content (AvgIpc) is 3.33. The summed E-state index contributed by atoms with van der Waals surface area (Å²) in [5, 5.41) is 14.0. The van der Waals surface area contributed by atoms with Gasteiger partial charge in [-0.3, -0.25) is 0 Å². The van der Waals surface area contributed by atoms with Gasteiger partial charge in [0.25, 0.3) is 0 Å². The predicted octanol–water partition coefficient (Wildman–Crippen LogP) is 3.48. The van der Waals surface area contributed by atoms with E-state index in [1.807, 2.05) is 0 Å². The van der Waals surface area contributed by atoms with E-state index in [9.17, 15) is 0 Å². The highest BCUT2D eigenvalue weighted by Crippen LogP contribution is 2.22. The maximum absolute atomic E-state index is 3.93. The van der Waals surface area contributed by atoms with Crippen molar-refractivity contribution in [2.75, 3.05) is 13.1 Å². The summed E-state index contributed by atoms with van der Waals surface area (Å²) in [6, 6.07) is 18.4. The van der Waals surface area contributed by atoms with Crippen molar-refractivity contribution in [3.63, 3.8) is 0 Å². The van der Waals surface area contributed by atoms with Gasteiger partial charge in [0, 0.05) is 19.0 Å². The molecule has 134 valence electrons. The molecule has 2 heterocycles. The highest BCUT2D eigenvalue weighted by atomic mass is 15.5. The maximum Gasteiger partial charge on any atom is 0.152 e. The van der Waals surface area contributed by atoms with Crippen molar-refractivity contribution in [2.24, 2.45) is 0 Å². The molecule has 0 bridgehead atoms. The minimum atomic E-state index is 0.723. The lowest BCUT2D eigenvalue weighted by Crippen LogP contribution is -2.28. The number of likely N-dealkylation sites (tertiary alicyclic amines) is 1. The van der Waals surface area contributed by atoms with E-state index in [-0.39, 0.29) is 0 Å². The fraction of sp³-hybridized carbons (Fsp3) is 0.381. The molecule has 0 radical (unpaired) electrons. The molecule has 0 spiro atoms. The number of aromatic nitrogens is 4. The van der Waals surface area contributed by atoms with Crippen LogP contribution in [0.5, 0.6) is 0 Å². The van der Waals surface area contributed by atoms with Gasteiger partial charge in [0.05, 0.1) is 0 Å². The second-order valence-electron chi connectivity index (χ2n) is 7.20. The Balaban J connectivity index is 1.37. The molecule has 1 aliphatic heterocycles. The Kier molecular flexibility index (Phi) is 5.07. The van der Waals surface area contributed by atoms with Crippen LogP contribution in [0.15, 0.2) is 48.5 Å². The maximum atomic E-state index is 3.93. The van der Waals surface area contributed by atoms with Crippen LogP contribution >= 0.6 is 0 Å². The van der Waals surface area contributed by atoms with Crippen LogP contribution in [-0.4, -0.2) is 44.7 Å². The molecule has 1 N–H and O–H groups in total. The number of H-pyrrole nitrogens is 1. The van der Waals surface area contributed by atoms with Crippen LogP contribution in [0.4, 0.5) is 0 Å². The van der Waals surface area contributed by atoms with Gasteiger partial charge in [-0.2, -0.15) is 0 Å². The van der Waals surface area contributed by atoms with Gasteiger partial charge >= 0.3 is 0 Å². The Bertz CT molecular complexity index is 809. The van der Waals surface area contributed by atoms with E-state index in [4.69, 9.17) is 0 Å². The normalized spacial score (nSPS) is 17.7. The van der Waals surface area contributed by atoms with Crippen LogP contribution in [-0.2, 0) is 12.8 Å². The SMILES string of the molecule is C[C@@H]1CCCN1CCc1ccc(-c2ccc(Cc3nnn[nH]3)cc2)cc1. The van der Waals surface area contributed by atoms with Crippen LogP contribution in [0.1, 0.15) is 36.7 Å². The lowest BCUT2D eigenvalue weighted by atomic mass is 10.0. The summed E-state index contributed by atoms with van der Waals surface area (Å²) in [5.41, 5.74) is 5.12. The molecule has 1 aliphatic rings. The second kappa shape index (κ2) is 7.79. The summed E-state index contributed by atoms with van der Waals surface area (Å²) in [5.74, 6) is 0.787. The molecule has 1 fully saturated rings. The van der Waals surface area contributed by atoms with Crippen LogP contribution < -0.4 is 0 Å². The second-order valence-corrected chi connectivity index (χ2v) is 7.20. The number of aromatic amines is 1. The van der Waals surface area contributed by atoms with Gasteiger partial charge in [-0.25, -0.2) is 5.10 Å². The first-order chi connectivity index (χ1) is 12.8. The van der Waals surface area contributed by atoms with Gasteiger partial charge in [-0.05, 0) is 65.4 Å². The van der Waals surface area contributed by atoms with Gasteiger partial charge in [-0.15, -0.1) is 5.10 Å². The van der Waals surface area contributed by atoms with Crippen LogP contribution in [0.3, 0.4) is 0 Å². The Morgan fingerprint density at radius 3 is 2.27 bits per heavy atom. The van der Waals surface area contributed by atoms with Gasteiger partial charge in [-0.1, -0.05) is 48.5 Å². The quantitative estimate of drug-likeness (QED) is 0.742. The molecule has 0 unspecified atom stereocenters. The summed E-state index contributed by atoms with van der Waals surface area (Å²) < 4.78 is 0. The average molecular weight is 347 g/mol. The first-order valence-corrected chi connectivity index (χ1v) is 9.43. The third kappa shape index (κ3) is 3.99. The van der Waals surface area contributed by atoms with E-state index < -0.39 is 0 Å². The smallest absolute Gasteiger partial charge is 0.152 e. The number of nitrogens with one attached hydrogen (secondary N) is 1. The Morgan fingerprint density at radius 1 is 1.00 bits per heavy atom. The number of nitrogens with zero attached hydrogens (tertiary/aromatic N) is 4. The topological polar surface area (TPSA) is 57.7 Å². The molecule has 1 atom stereocenters. The largest absolute Gasteiger partial charge is 0.300 e. The van der Waals surface area contributed by atoms with Crippen LogP contribution in [0.25, 0.3) is 11.1 Å². The molecule has 4 rings (SSSR count). The molecule has 2 aromatic carbocycles. The Hall–Kier alpha value is -2.53. The summed E-state index contributed by atoms with van der Waals surface area (Å²) >= 11 is 0. The first-order valence-electron chi connectivity index (χ1n) is 9.43. The minimum absolute atomic E-state index is 0.723. The molecular formula is C21H25N5. The molecule has 5 nitrogen and oxygen atoms in total. The number of benzene rings is 2. The van der Waals surface area contributed by atoms with E-state index in [2.05, 4.69) is 81.0 Å². The fourth-order valence-corrected chi connectivity index (χ4v) is 3.72. The van der Waals surface area contributed by atoms with Crippen molar-refractivity contribution in [2.45, 2.75) is 38.6 Å². The van der Waals surface area contributed by atoms with Gasteiger partial charge in [0.2, 0.25) is 0 Å². The van der Waals surface area contributed by atoms with E-state index >= 15 is 0 Å². The van der Waals surface area contributed by atoms with Crippen molar-refractivity contribution in [3.8, 4) is 11.1 Å². The third-order valence-electron chi connectivity index (χ3n) is 5.38. The van der Waals surface area contributed by atoms with Crippen LogP contribution in [0, 0.1) is 0 Å². The zero-order chi connectivity index (χ0) is 17.8. The summed E-state index contributed by atoms with van der Waals surface area (Å²) in [7, 11) is 0. The minimum Gasteiger partial charge on any atom is -0.300 e. The molecule has 26 heavy (non-hydrogen) atoms. The number of tetrazole rings is 1. The van der Waals surface area contributed by atoms with Gasteiger partial charge < -0.3 is 4.90 Å². The Morgan fingerprint density at radius 2 is 1.69 bits per heavy atom. The standard InChI is InChI=1S/C21H25N5/c1-16-3-2-13-26(16)14-12-17-4-8-19(9-5-17)20-10-6-18(7-11-20)15-21-22-24-25-23-21/h4-11,16H,2-3,12-15H2,1H3,(H,22,23,24,25)/t16-/m1/s1. The first kappa shape index (κ1) is 16.9. The molecule has 0 aliphatic carbocycles. The zero-order valence-corrected chi connectivity index (χ0v) is 15.2. The summed E-state index contributed by atoms with van der Waals surface area (Å²) in [6.45, 7) is 4.78. The lowest BCUT2D eigenvalue weighted by molar-refractivity contribution is 0.272. The highest BCUT2D eigenvalue weighted by molar-refractivity contribution is 5.64. The molecule has 0 amide bonds. The van der Waals surface area contributed by atoms with Crippen LogP contribution in [0.2, 0.25) is 0 Å². The molecule has 5 heteroatoms. The lowest BCUT2D eigenvalue weighted by Gasteiger charge is -2.20. The van der Waals surface area contributed by atoms with Crippen molar-refractivity contribution in [3.05, 3.63) is 65.5 Å². The van der Waals surface area contributed by atoms with E-state index in [0.29, 0.717) is 0 Å². The molecule has 0 saturated carbocycles. The Labute approximate surface area is 154 Å². The number of rotatable bonds is 6. The predicted molar refractivity (Wildman–Crippen MR) is 103 cm³/mol. The van der Waals surface area contributed by atoms with E-state index in [0.717, 1.165) is 24.7 Å². The van der Waals surface area contributed by atoms with Crippen molar-refractivity contribution in [1.29, 1.82) is 0 Å².